The molecule has 0 atom stereocenters. The van der Waals surface area contributed by atoms with Gasteiger partial charge in [0.15, 0.2) is 0 Å². The summed E-state index contributed by atoms with van der Waals surface area (Å²) < 4.78 is 1.90. The van der Waals surface area contributed by atoms with E-state index in [9.17, 15) is 0 Å². The Morgan fingerprint density at radius 1 is 1.42 bits per heavy atom. The van der Waals surface area contributed by atoms with Crippen LogP contribution < -0.4 is 11.1 Å². The van der Waals surface area contributed by atoms with Crippen LogP contribution in [0, 0.1) is 6.92 Å². The maximum absolute atomic E-state index is 5.76. The lowest BCUT2D eigenvalue weighted by molar-refractivity contribution is 0.532. The molecule has 0 saturated heterocycles. The number of nitrogens with two attached hydrogens (primary N) is 1. The van der Waals surface area contributed by atoms with Crippen molar-refractivity contribution in [3.05, 3.63) is 41.7 Å². The van der Waals surface area contributed by atoms with Crippen molar-refractivity contribution in [2.75, 3.05) is 5.32 Å². The molecule has 2 aromatic rings. The highest BCUT2D eigenvalue weighted by Gasteiger charge is 2.08. The Balaban J connectivity index is 2.29. The van der Waals surface area contributed by atoms with E-state index in [-0.39, 0.29) is 0 Å². The summed E-state index contributed by atoms with van der Waals surface area (Å²) >= 11 is 5.09. The maximum atomic E-state index is 5.76. The molecule has 19 heavy (non-hydrogen) atoms. The molecule has 0 unspecified atom stereocenters. The highest BCUT2D eigenvalue weighted by molar-refractivity contribution is 7.80. The van der Waals surface area contributed by atoms with Crippen molar-refractivity contribution >= 4 is 28.6 Å². The molecule has 0 aliphatic carbocycles. The zero-order valence-corrected chi connectivity index (χ0v) is 12.2. The third-order valence-electron chi connectivity index (χ3n) is 2.85. The quantitative estimate of drug-likeness (QED) is 0.841. The molecule has 5 heteroatoms. The molecule has 3 N–H and O–H groups in total. The largest absolute Gasteiger partial charge is 0.389 e. The Kier molecular flexibility index (Phi) is 3.85. The molecule has 0 radical (unpaired) electrons. The van der Waals surface area contributed by atoms with Gasteiger partial charge in [-0.2, -0.15) is 5.10 Å². The summed E-state index contributed by atoms with van der Waals surface area (Å²) in [4.78, 5) is 0.391. The van der Waals surface area contributed by atoms with Gasteiger partial charge in [-0.1, -0.05) is 23.8 Å². The van der Waals surface area contributed by atoms with E-state index in [1.54, 1.807) is 6.20 Å². The van der Waals surface area contributed by atoms with E-state index in [0.717, 1.165) is 22.5 Å². The van der Waals surface area contributed by atoms with Crippen LogP contribution in [0.4, 0.5) is 11.4 Å². The summed E-state index contributed by atoms with van der Waals surface area (Å²) in [7, 11) is 0. The molecule has 0 spiro atoms. The SMILES string of the molecule is Cc1ccc(Nc2cnn(C(C)C)c2)c(C(N)=S)c1. The molecule has 4 nitrogen and oxygen atoms in total. The number of hydrogen-bond acceptors (Lipinski definition) is 3. The van der Waals surface area contributed by atoms with Gasteiger partial charge in [-0.05, 0) is 32.9 Å². The van der Waals surface area contributed by atoms with Crippen LogP contribution in [0.2, 0.25) is 0 Å². The second-order valence-corrected chi connectivity index (χ2v) is 5.28. The van der Waals surface area contributed by atoms with Crippen molar-refractivity contribution in [1.82, 2.24) is 9.78 Å². The number of aromatic nitrogens is 2. The van der Waals surface area contributed by atoms with E-state index in [0.29, 0.717) is 11.0 Å². The number of aryl methyl sites for hydroxylation is 1. The van der Waals surface area contributed by atoms with E-state index < -0.39 is 0 Å². The normalized spacial score (nSPS) is 10.7. The first-order chi connectivity index (χ1) is 8.97. The van der Waals surface area contributed by atoms with Crippen LogP contribution in [0.25, 0.3) is 0 Å². The van der Waals surface area contributed by atoms with Gasteiger partial charge in [0.1, 0.15) is 4.99 Å². The first-order valence-electron chi connectivity index (χ1n) is 6.19. The van der Waals surface area contributed by atoms with Gasteiger partial charge in [-0.15, -0.1) is 0 Å². The van der Waals surface area contributed by atoms with Crippen molar-refractivity contribution in [2.45, 2.75) is 26.8 Å². The second-order valence-electron chi connectivity index (χ2n) is 4.84. The van der Waals surface area contributed by atoms with Gasteiger partial charge in [-0.3, -0.25) is 4.68 Å². The number of hydrogen-bond donors (Lipinski definition) is 2. The first-order valence-corrected chi connectivity index (χ1v) is 6.60. The average Bonchev–Trinajstić information content (AvgIpc) is 2.80. The molecule has 0 saturated carbocycles. The number of anilines is 2. The molecule has 100 valence electrons. The van der Waals surface area contributed by atoms with Gasteiger partial charge in [0, 0.05) is 23.5 Å². The van der Waals surface area contributed by atoms with Crippen molar-refractivity contribution in [3.63, 3.8) is 0 Å². The third-order valence-corrected chi connectivity index (χ3v) is 3.07. The molecule has 0 amide bonds. The molecule has 0 aliphatic heterocycles. The van der Waals surface area contributed by atoms with Gasteiger partial charge >= 0.3 is 0 Å². The molecule has 1 heterocycles. The predicted molar refractivity (Wildman–Crippen MR) is 83.0 cm³/mol. The summed E-state index contributed by atoms with van der Waals surface area (Å²) in [6.45, 7) is 6.19. The van der Waals surface area contributed by atoms with E-state index in [4.69, 9.17) is 18.0 Å². The van der Waals surface area contributed by atoms with Crippen LogP contribution in [0.1, 0.15) is 31.0 Å². The predicted octanol–water partition coefficient (Wildman–Crippen LogP) is 3.15. The molecule has 2 rings (SSSR count). The third kappa shape index (κ3) is 3.12. The number of nitrogens with zero attached hydrogens (tertiary/aromatic N) is 2. The minimum absolute atomic E-state index is 0.337. The van der Waals surface area contributed by atoms with Crippen LogP contribution in [0.3, 0.4) is 0 Å². The minimum Gasteiger partial charge on any atom is -0.389 e. The zero-order chi connectivity index (χ0) is 14.0. The molecule has 0 fully saturated rings. The monoisotopic (exact) mass is 274 g/mol. The maximum Gasteiger partial charge on any atom is 0.106 e. The van der Waals surface area contributed by atoms with E-state index in [1.165, 1.54) is 0 Å². The molecule has 0 bridgehead atoms. The van der Waals surface area contributed by atoms with Crippen molar-refractivity contribution in [2.24, 2.45) is 5.73 Å². The summed E-state index contributed by atoms with van der Waals surface area (Å²) in [5.74, 6) is 0. The number of thiocarbonyl (C=S) groups is 1. The average molecular weight is 274 g/mol. The van der Waals surface area contributed by atoms with Gasteiger partial charge in [-0.25, -0.2) is 0 Å². The fourth-order valence-electron chi connectivity index (χ4n) is 1.81. The summed E-state index contributed by atoms with van der Waals surface area (Å²) in [5, 5.41) is 7.60. The lowest BCUT2D eigenvalue weighted by Gasteiger charge is -2.10. The van der Waals surface area contributed by atoms with Crippen LogP contribution in [0.15, 0.2) is 30.6 Å². The van der Waals surface area contributed by atoms with E-state index >= 15 is 0 Å². The lowest BCUT2D eigenvalue weighted by atomic mass is 10.1. The fourth-order valence-corrected chi connectivity index (χ4v) is 1.98. The van der Waals surface area contributed by atoms with Gasteiger partial charge in [0.25, 0.3) is 0 Å². The number of benzene rings is 1. The fraction of sp³-hybridized carbons (Fsp3) is 0.286. The smallest absolute Gasteiger partial charge is 0.106 e. The molecule has 1 aromatic heterocycles. The van der Waals surface area contributed by atoms with E-state index in [1.807, 2.05) is 36.0 Å². The van der Waals surface area contributed by atoms with Gasteiger partial charge < -0.3 is 11.1 Å². The molecule has 1 aromatic carbocycles. The van der Waals surface area contributed by atoms with Crippen molar-refractivity contribution in [1.29, 1.82) is 0 Å². The molecular weight excluding hydrogens is 256 g/mol. The van der Waals surface area contributed by atoms with Crippen LogP contribution in [-0.4, -0.2) is 14.8 Å². The topological polar surface area (TPSA) is 55.9 Å². The Morgan fingerprint density at radius 3 is 2.74 bits per heavy atom. The Bertz CT molecular complexity index is 601. The zero-order valence-electron chi connectivity index (χ0n) is 11.3. The van der Waals surface area contributed by atoms with Gasteiger partial charge in [0.2, 0.25) is 0 Å². The van der Waals surface area contributed by atoms with Crippen LogP contribution >= 0.6 is 12.2 Å². The summed E-state index contributed by atoms with van der Waals surface area (Å²) in [5.41, 5.74) is 9.58. The minimum atomic E-state index is 0.337. The van der Waals surface area contributed by atoms with Crippen LogP contribution in [-0.2, 0) is 0 Å². The molecule has 0 aliphatic rings. The molecular formula is C14H18N4S. The van der Waals surface area contributed by atoms with Crippen LogP contribution in [0.5, 0.6) is 0 Å². The number of rotatable bonds is 4. The Labute approximate surface area is 118 Å². The highest BCUT2D eigenvalue weighted by Crippen LogP contribution is 2.22. The second kappa shape index (κ2) is 5.40. The Hall–Kier alpha value is -1.88. The number of nitrogens with one attached hydrogen (secondary N) is 1. The first kappa shape index (κ1) is 13.5. The van der Waals surface area contributed by atoms with E-state index in [2.05, 4.69) is 24.3 Å². The summed E-state index contributed by atoms with van der Waals surface area (Å²) in [6, 6.07) is 6.33. The standard InChI is InChI=1S/C14H18N4S/c1-9(2)18-8-11(7-16-18)17-13-5-4-10(3)6-12(13)14(15)19/h4-9,17H,1-3H3,(H2,15,19). The summed E-state index contributed by atoms with van der Waals surface area (Å²) in [6.07, 6.45) is 3.76. The highest BCUT2D eigenvalue weighted by atomic mass is 32.1. The van der Waals surface area contributed by atoms with Crippen molar-refractivity contribution < 1.29 is 0 Å². The lowest BCUT2D eigenvalue weighted by Crippen LogP contribution is -2.12. The van der Waals surface area contributed by atoms with Gasteiger partial charge in [0.05, 0.1) is 11.9 Å². The van der Waals surface area contributed by atoms with Crippen molar-refractivity contribution in [3.8, 4) is 0 Å². The Morgan fingerprint density at radius 2 is 2.16 bits per heavy atom.